The molecular formula is C31H40N2O4. The number of fused-ring (bicyclic) bond motifs is 3. The summed E-state index contributed by atoms with van der Waals surface area (Å²) >= 11 is 0. The lowest BCUT2D eigenvalue weighted by atomic mass is 9.87. The number of benzene rings is 2. The van der Waals surface area contributed by atoms with Crippen LogP contribution in [0.3, 0.4) is 0 Å². The van der Waals surface area contributed by atoms with Crippen LogP contribution >= 0.6 is 0 Å². The third kappa shape index (κ3) is 5.91. The Morgan fingerprint density at radius 2 is 1.35 bits per heavy atom. The number of piperidine rings is 2. The second-order valence-electron chi connectivity index (χ2n) is 11.1. The fraction of sp³-hybridized carbons (Fsp3) is 0.548. The number of nitrogens with zero attached hydrogens (tertiary/aromatic N) is 2. The zero-order valence-corrected chi connectivity index (χ0v) is 21.9. The number of carbonyl (C=O) groups is 2. The van der Waals surface area contributed by atoms with Crippen LogP contribution in [0.5, 0.6) is 0 Å². The SMILES string of the molecule is O=C(O)c1ccc2c(c1)Cc1c-2cc(CCCN2CCCCC2)c(C(=O)O)c1CCCN1CCCCC1. The van der Waals surface area contributed by atoms with E-state index in [0.29, 0.717) is 17.5 Å². The molecule has 0 atom stereocenters. The van der Waals surface area contributed by atoms with Gasteiger partial charge in [0, 0.05) is 0 Å². The molecule has 2 heterocycles. The van der Waals surface area contributed by atoms with Crippen molar-refractivity contribution in [1.29, 1.82) is 0 Å². The maximum Gasteiger partial charge on any atom is 0.336 e. The third-order valence-electron chi connectivity index (χ3n) is 8.57. The Balaban J connectivity index is 1.44. The van der Waals surface area contributed by atoms with Gasteiger partial charge in [-0.25, -0.2) is 9.59 Å². The first kappa shape index (κ1) is 25.9. The number of hydrogen-bond donors (Lipinski definition) is 2. The highest BCUT2D eigenvalue weighted by atomic mass is 16.4. The van der Waals surface area contributed by atoms with Gasteiger partial charge in [0.05, 0.1) is 11.1 Å². The van der Waals surface area contributed by atoms with E-state index in [1.807, 2.05) is 6.07 Å². The Hall–Kier alpha value is -2.70. The number of carboxylic acid groups (broad SMARTS) is 2. The van der Waals surface area contributed by atoms with Crippen molar-refractivity contribution in [2.24, 2.45) is 0 Å². The van der Waals surface area contributed by atoms with E-state index in [1.165, 1.54) is 38.5 Å². The van der Waals surface area contributed by atoms with E-state index in [9.17, 15) is 19.8 Å². The Morgan fingerprint density at radius 1 is 0.730 bits per heavy atom. The van der Waals surface area contributed by atoms with Crippen LogP contribution in [0.1, 0.15) is 94.3 Å². The minimum Gasteiger partial charge on any atom is -0.478 e. The largest absolute Gasteiger partial charge is 0.478 e. The van der Waals surface area contributed by atoms with Crippen LogP contribution in [0, 0.1) is 0 Å². The van der Waals surface area contributed by atoms with Crippen molar-refractivity contribution in [2.45, 2.75) is 70.6 Å². The molecule has 2 aliphatic heterocycles. The zero-order chi connectivity index (χ0) is 25.8. The molecule has 0 aromatic heterocycles. The van der Waals surface area contributed by atoms with Gasteiger partial charge in [0.2, 0.25) is 0 Å². The van der Waals surface area contributed by atoms with Crippen LogP contribution in [-0.2, 0) is 19.3 Å². The summed E-state index contributed by atoms with van der Waals surface area (Å²) in [6.07, 6.45) is 11.7. The quantitative estimate of drug-likeness (QED) is 0.380. The van der Waals surface area contributed by atoms with Crippen molar-refractivity contribution >= 4 is 11.9 Å². The maximum atomic E-state index is 12.7. The van der Waals surface area contributed by atoms with Gasteiger partial charge in [0.1, 0.15) is 0 Å². The van der Waals surface area contributed by atoms with Gasteiger partial charge in [0.15, 0.2) is 0 Å². The first-order valence-corrected chi connectivity index (χ1v) is 14.2. The summed E-state index contributed by atoms with van der Waals surface area (Å²) in [6.45, 7) is 6.60. The second-order valence-corrected chi connectivity index (χ2v) is 11.1. The van der Waals surface area contributed by atoms with Gasteiger partial charge in [0.25, 0.3) is 0 Å². The highest BCUT2D eigenvalue weighted by Crippen LogP contribution is 2.42. The lowest BCUT2D eigenvalue weighted by molar-refractivity contribution is 0.0684. The van der Waals surface area contributed by atoms with Crippen molar-refractivity contribution in [3.8, 4) is 11.1 Å². The molecule has 37 heavy (non-hydrogen) atoms. The highest BCUT2D eigenvalue weighted by Gasteiger charge is 2.28. The topological polar surface area (TPSA) is 81.1 Å². The van der Waals surface area contributed by atoms with E-state index in [4.69, 9.17) is 0 Å². The lowest BCUT2D eigenvalue weighted by Gasteiger charge is -2.27. The summed E-state index contributed by atoms with van der Waals surface area (Å²) in [4.78, 5) is 29.3. The van der Waals surface area contributed by atoms with Crippen molar-refractivity contribution < 1.29 is 19.8 Å². The predicted molar refractivity (Wildman–Crippen MR) is 146 cm³/mol. The monoisotopic (exact) mass is 504 g/mol. The summed E-state index contributed by atoms with van der Waals surface area (Å²) in [6, 6.07) is 7.47. The van der Waals surface area contributed by atoms with Gasteiger partial charge < -0.3 is 20.0 Å². The van der Waals surface area contributed by atoms with Gasteiger partial charge in [-0.2, -0.15) is 0 Å². The van der Waals surface area contributed by atoms with Gasteiger partial charge in [-0.3, -0.25) is 0 Å². The molecule has 2 saturated heterocycles. The molecule has 0 spiro atoms. The molecule has 1 aliphatic carbocycles. The van der Waals surface area contributed by atoms with Crippen molar-refractivity contribution in [2.75, 3.05) is 39.3 Å². The molecular weight excluding hydrogens is 464 g/mol. The van der Waals surface area contributed by atoms with Gasteiger partial charge in [-0.05, 0) is 149 Å². The summed E-state index contributed by atoms with van der Waals surface area (Å²) in [5.74, 6) is -1.75. The predicted octanol–water partition coefficient (Wildman–Crippen LogP) is 5.49. The van der Waals surface area contributed by atoms with Crippen molar-refractivity contribution in [3.05, 3.63) is 57.6 Å². The minimum atomic E-state index is -0.926. The number of aromatic carboxylic acids is 2. The normalized spacial score (nSPS) is 17.9. The maximum absolute atomic E-state index is 12.7. The van der Waals surface area contributed by atoms with E-state index in [2.05, 4.69) is 15.9 Å². The molecule has 5 rings (SSSR count). The Bertz CT molecular complexity index is 1150. The second kappa shape index (κ2) is 11.8. The number of likely N-dealkylation sites (tertiary alicyclic amines) is 2. The smallest absolute Gasteiger partial charge is 0.336 e. The van der Waals surface area contributed by atoms with E-state index in [0.717, 1.165) is 98.3 Å². The van der Waals surface area contributed by atoms with E-state index >= 15 is 0 Å². The van der Waals surface area contributed by atoms with Gasteiger partial charge in [-0.1, -0.05) is 18.9 Å². The summed E-state index contributed by atoms with van der Waals surface area (Å²) in [5.41, 5.74) is 6.96. The van der Waals surface area contributed by atoms with Crippen LogP contribution in [0.25, 0.3) is 11.1 Å². The molecule has 198 valence electrons. The summed E-state index contributed by atoms with van der Waals surface area (Å²) in [5, 5.41) is 19.9. The van der Waals surface area contributed by atoms with Crippen LogP contribution in [0.4, 0.5) is 0 Å². The molecule has 0 radical (unpaired) electrons. The lowest BCUT2D eigenvalue weighted by Crippen LogP contribution is -2.31. The number of hydrogen-bond acceptors (Lipinski definition) is 4. The molecule has 2 fully saturated rings. The van der Waals surface area contributed by atoms with Crippen LogP contribution in [0.2, 0.25) is 0 Å². The van der Waals surface area contributed by atoms with Crippen LogP contribution < -0.4 is 0 Å². The van der Waals surface area contributed by atoms with E-state index < -0.39 is 11.9 Å². The standard InChI is InChI=1S/C31H40N2O4/c34-30(35)23-11-12-25-24(19-23)21-28-26(10-8-18-33-15-5-2-6-16-33)29(31(36)37)22(20-27(25)28)9-7-17-32-13-3-1-4-14-32/h11-12,19-20H,1-10,13-18,21H2,(H,34,35)(H,36,37). The molecule has 3 aliphatic rings. The van der Waals surface area contributed by atoms with Crippen LogP contribution in [0.15, 0.2) is 24.3 Å². The van der Waals surface area contributed by atoms with Gasteiger partial charge in [-0.15, -0.1) is 0 Å². The fourth-order valence-electron chi connectivity index (χ4n) is 6.69. The molecule has 2 aromatic carbocycles. The Morgan fingerprint density at radius 3 is 1.95 bits per heavy atom. The molecule has 6 nitrogen and oxygen atoms in total. The molecule has 0 bridgehead atoms. The number of carboxylic acids is 2. The van der Waals surface area contributed by atoms with Crippen LogP contribution in [-0.4, -0.2) is 71.2 Å². The fourth-order valence-corrected chi connectivity index (χ4v) is 6.69. The zero-order valence-electron chi connectivity index (χ0n) is 21.9. The molecule has 0 unspecified atom stereocenters. The minimum absolute atomic E-state index is 0.290. The van der Waals surface area contributed by atoms with Gasteiger partial charge >= 0.3 is 11.9 Å². The van der Waals surface area contributed by atoms with E-state index in [-0.39, 0.29) is 0 Å². The summed E-state index contributed by atoms with van der Waals surface area (Å²) in [7, 11) is 0. The first-order chi connectivity index (χ1) is 18.0. The molecule has 2 N–H and O–H groups in total. The Labute approximate surface area is 220 Å². The number of aryl methyl sites for hydroxylation is 1. The molecule has 0 amide bonds. The van der Waals surface area contributed by atoms with E-state index in [1.54, 1.807) is 12.1 Å². The van der Waals surface area contributed by atoms with Crippen molar-refractivity contribution in [1.82, 2.24) is 9.80 Å². The first-order valence-electron chi connectivity index (χ1n) is 14.2. The van der Waals surface area contributed by atoms with Crippen molar-refractivity contribution in [3.63, 3.8) is 0 Å². The average molecular weight is 505 g/mol. The molecule has 6 heteroatoms. The number of rotatable bonds is 10. The summed E-state index contributed by atoms with van der Waals surface area (Å²) < 4.78 is 0. The third-order valence-corrected chi connectivity index (χ3v) is 8.57. The highest BCUT2D eigenvalue weighted by molar-refractivity contribution is 5.95. The molecule has 0 saturated carbocycles. The Kier molecular flexibility index (Phi) is 8.26. The average Bonchev–Trinajstić information content (AvgIpc) is 3.27. The molecule has 2 aromatic rings.